The highest BCUT2D eigenvalue weighted by molar-refractivity contribution is 5.94. The Bertz CT molecular complexity index is 1070. The van der Waals surface area contributed by atoms with E-state index in [2.05, 4.69) is 53.3 Å². The van der Waals surface area contributed by atoms with Crippen LogP contribution in [0.25, 0.3) is 22.3 Å². The molecule has 0 aliphatic carbocycles. The molecule has 31 heavy (non-hydrogen) atoms. The number of benzene rings is 1. The van der Waals surface area contributed by atoms with Gasteiger partial charge in [0.25, 0.3) is 0 Å². The van der Waals surface area contributed by atoms with Crippen LogP contribution in [0, 0.1) is 0 Å². The molecule has 0 atom stereocenters. The van der Waals surface area contributed by atoms with Crippen molar-refractivity contribution < 1.29 is 4.74 Å². The van der Waals surface area contributed by atoms with Gasteiger partial charge in [0, 0.05) is 31.7 Å². The molecule has 6 nitrogen and oxygen atoms in total. The van der Waals surface area contributed by atoms with Crippen molar-refractivity contribution in [3.63, 3.8) is 0 Å². The van der Waals surface area contributed by atoms with E-state index >= 15 is 0 Å². The van der Waals surface area contributed by atoms with Gasteiger partial charge in [0.05, 0.1) is 18.2 Å². The van der Waals surface area contributed by atoms with Crippen LogP contribution in [0.15, 0.2) is 30.3 Å². The molecule has 0 bridgehead atoms. The first-order valence-corrected chi connectivity index (χ1v) is 11.5. The SMILES string of the molecule is COc1ccc(-c2cc3c(N4CCCC4)nc(N4CCCC4)nc3n2C(C)(C)C)cc1. The molecule has 0 saturated carbocycles. The van der Waals surface area contributed by atoms with Crippen molar-refractivity contribution >= 4 is 22.8 Å². The van der Waals surface area contributed by atoms with E-state index in [4.69, 9.17) is 14.7 Å². The lowest BCUT2D eigenvalue weighted by Gasteiger charge is -2.27. The molecule has 2 aliphatic rings. The second-order valence-corrected chi connectivity index (χ2v) is 9.74. The van der Waals surface area contributed by atoms with Crippen molar-refractivity contribution in [3.05, 3.63) is 30.3 Å². The topological polar surface area (TPSA) is 46.4 Å². The van der Waals surface area contributed by atoms with Crippen LogP contribution >= 0.6 is 0 Å². The van der Waals surface area contributed by atoms with E-state index in [0.29, 0.717) is 0 Å². The Morgan fingerprint density at radius 2 is 1.45 bits per heavy atom. The molecule has 2 aromatic heterocycles. The van der Waals surface area contributed by atoms with Crippen molar-refractivity contribution in [2.75, 3.05) is 43.1 Å². The van der Waals surface area contributed by atoms with Crippen LogP contribution in [-0.4, -0.2) is 47.8 Å². The highest BCUT2D eigenvalue weighted by Gasteiger charge is 2.28. The summed E-state index contributed by atoms with van der Waals surface area (Å²) in [4.78, 5) is 15.1. The van der Waals surface area contributed by atoms with E-state index in [0.717, 1.165) is 54.7 Å². The van der Waals surface area contributed by atoms with E-state index in [1.54, 1.807) is 7.11 Å². The van der Waals surface area contributed by atoms with Crippen molar-refractivity contribution in [1.29, 1.82) is 0 Å². The first-order chi connectivity index (χ1) is 15.0. The van der Waals surface area contributed by atoms with Gasteiger partial charge in [-0.2, -0.15) is 9.97 Å². The molecule has 4 heterocycles. The Morgan fingerprint density at radius 3 is 2.03 bits per heavy atom. The zero-order chi connectivity index (χ0) is 21.6. The minimum absolute atomic E-state index is 0.115. The monoisotopic (exact) mass is 419 g/mol. The number of aromatic nitrogens is 3. The zero-order valence-corrected chi connectivity index (χ0v) is 19.2. The van der Waals surface area contributed by atoms with Crippen LogP contribution in [0.5, 0.6) is 5.75 Å². The molecule has 0 spiro atoms. The summed E-state index contributed by atoms with van der Waals surface area (Å²) in [5.74, 6) is 2.86. The third-order valence-corrected chi connectivity index (χ3v) is 6.48. The molecule has 2 fully saturated rings. The number of rotatable bonds is 4. The van der Waals surface area contributed by atoms with Crippen LogP contribution in [0.4, 0.5) is 11.8 Å². The molecular formula is C25H33N5O. The van der Waals surface area contributed by atoms with Gasteiger partial charge in [0.15, 0.2) is 0 Å². The quantitative estimate of drug-likeness (QED) is 0.591. The van der Waals surface area contributed by atoms with Gasteiger partial charge in [-0.3, -0.25) is 0 Å². The van der Waals surface area contributed by atoms with Gasteiger partial charge >= 0.3 is 0 Å². The molecule has 0 amide bonds. The summed E-state index contributed by atoms with van der Waals surface area (Å²) in [5, 5.41) is 1.16. The standard InChI is InChI=1S/C25H33N5O/c1-25(2,3)30-21(18-9-11-19(31-4)12-10-18)17-20-22(28-13-5-6-14-28)26-24(27-23(20)30)29-15-7-8-16-29/h9-12,17H,5-8,13-16H2,1-4H3. The predicted octanol–water partition coefficient (Wildman–Crippen LogP) is 5.06. The van der Waals surface area contributed by atoms with Crippen LogP contribution in [0.1, 0.15) is 46.5 Å². The van der Waals surface area contributed by atoms with Crippen molar-refractivity contribution in [1.82, 2.24) is 14.5 Å². The lowest BCUT2D eigenvalue weighted by atomic mass is 10.1. The summed E-state index contributed by atoms with van der Waals surface area (Å²) >= 11 is 0. The average molecular weight is 420 g/mol. The van der Waals surface area contributed by atoms with Gasteiger partial charge in [-0.15, -0.1) is 0 Å². The van der Waals surface area contributed by atoms with Gasteiger partial charge in [0.2, 0.25) is 5.95 Å². The third kappa shape index (κ3) is 3.62. The lowest BCUT2D eigenvalue weighted by molar-refractivity contribution is 0.412. The third-order valence-electron chi connectivity index (χ3n) is 6.48. The van der Waals surface area contributed by atoms with Gasteiger partial charge in [-0.05, 0) is 82.3 Å². The van der Waals surface area contributed by atoms with Crippen LogP contribution < -0.4 is 14.5 Å². The molecule has 5 rings (SSSR count). The summed E-state index contributed by atoms with van der Waals surface area (Å²) in [7, 11) is 1.71. The number of ether oxygens (including phenoxy) is 1. The number of hydrogen-bond acceptors (Lipinski definition) is 5. The minimum atomic E-state index is -0.115. The van der Waals surface area contributed by atoms with Gasteiger partial charge in [-0.25, -0.2) is 0 Å². The summed E-state index contributed by atoms with van der Waals surface area (Å²) < 4.78 is 7.77. The van der Waals surface area contributed by atoms with Crippen molar-refractivity contribution in [3.8, 4) is 17.0 Å². The minimum Gasteiger partial charge on any atom is -0.497 e. The molecule has 3 aromatic rings. The van der Waals surface area contributed by atoms with Crippen LogP contribution in [0.2, 0.25) is 0 Å². The zero-order valence-electron chi connectivity index (χ0n) is 19.2. The summed E-state index contributed by atoms with van der Waals surface area (Å²) in [5.41, 5.74) is 3.27. The smallest absolute Gasteiger partial charge is 0.229 e. The Balaban J connectivity index is 1.76. The molecule has 2 aliphatic heterocycles. The number of methoxy groups -OCH3 is 1. The Labute approximate surface area is 184 Å². The fourth-order valence-corrected chi connectivity index (χ4v) is 4.93. The van der Waals surface area contributed by atoms with Gasteiger partial charge < -0.3 is 19.1 Å². The maximum absolute atomic E-state index is 5.38. The molecule has 0 N–H and O–H groups in total. The highest BCUT2D eigenvalue weighted by atomic mass is 16.5. The Morgan fingerprint density at radius 1 is 0.839 bits per heavy atom. The molecule has 0 radical (unpaired) electrons. The summed E-state index contributed by atoms with van der Waals surface area (Å²) in [6, 6.07) is 10.6. The van der Waals surface area contributed by atoms with E-state index in [1.165, 1.54) is 36.9 Å². The van der Waals surface area contributed by atoms with E-state index in [-0.39, 0.29) is 5.54 Å². The van der Waals surface area contributed by atoms with Gasteiger partial charge in [0.1, 0.15) is 17.2 Å². The second kappa shape index (κ2) is 7.74. The highest BCUT2D eigenvalue weighted by Crippen LogP contribution is 2.39. The van der Waals surface area contributed by atoms with Gasteiger partial charge in [-0.1, -0.05) is 0 Å². The number of nitrogens with zero attached hydrogens (tertiary/aromatic N) is 5. The molecule has 1 aromatic carbocycles. The molecule has 6 heteroatoms. The normalized spacial score (nSPS) is 17.2. The predicted molar refractivity (Wildman–Crippen MR) is 127 cm³/mol. The number of hydrogen-bond donors (Lipinski definition) is 0. The summed E-state index contributed by atoms with van der Waals surface area (Å²) in [6.45, 7) is 11.0. The largest absolute Gasteiger partial charge is 0.497 e. The van der Waals surface area contributed by atoms with Crippen LogP contribution in [0.3, 0.4) is 0 Å². The van der Waals surface area contributed by atoms with E-state index in [1.807, 2.05) is 12.1 Å². The second-order valence-electron chi connectivity index (χ2n) is 9.74. The van der Waals surface area contributed by atoms with Crippen LogP contribution in [-0.2, 0) is 5.54 Å². The molecule has 2 saturated heterocycles. The Kier molecular flexibility index (Phi) is 5.03. The van der Waals surface area contributed by atoms with E-state index < -0.39 is 0 Å². The number of fused-ring (bicyclic) bond motifs is 1. The van der Waals surface area contributed by atoms with Crippen molar-refractivity contribution in [2.24, 2.45) is 0 Å². The maximum atomic E-state index is 5.38. The fourth-order valence-electron chi connectivity index (χ4n) is 4.93. The summed E-state index contributed by atoms with van der Waals surface area (Å²) in [6.07, 6.45) is 4.90. The molecule has 0 unspecified atom stereocenters. The molecular weight excluding hydrogens is 386 g/mol. The maximum Gasteiger partial charge on any atom is 0.229 e. The Hall–Kier alpha value is -2.76. The molecule has 164 valence electrons. The fraction of sp³-hybridized carbons (Fsp3) is 0.520. The average Bonchev–Trinajstić information content (AvgIpc) is 3.53. The van der Waals surface area contributed by atoms with Crippen molar-refractivity contribution in [2.45, 2.75) is 52.0 Å². The lowest BCUT2D eigenvalue weighted by Crippen LogP contribution is -2.26. The van der Waals surface area contributed by atoms with E-state index in [9.17, 15) is 0 Å². The first-order valence-electron chi connectivity index (χ1n) is 11.5. The first kappa shape index (κ1) is 20.2. The number of anilines is 2.